The van der Waals surface area contributed by atoms with E-state index in [-0.39, 0.29) is 39.1 Å². The summed E-state index contributed by atoms with van der Waals surface area (Å²) >= 11 is 2.10. The Balaban J connectivity index is 2.41. The molecule has 0 saturated heterocycles. The summed E-state index contributed by atoms with van der Waals surface area (Å²) in [5, 5.41) is 22.8. The van der Waals surface area contributed by atoms with Crippen LogP contribution in [0, 0.1) is 3.57 Å². The molecule has 0 fully saturated rings. The summed E-state index contributed by atoms with van der Waals surface area (Å²) in [5.74, 6) is -1.25. The molecule has 0 bridgehead atoms. The first-order valence-corrected chi connectivity index (χ1v) is 11.4. The molecular formula is C22H29IN2O7. The first-order valence-electron chi connectivity index (χ1n) is 10.4. The Kier molecular flexibility index (Phi) is 10.6. The van der Waals surface area contributed by atoms with Gasteiger partial charge in [0.15, 0.2) is 0 Å². The number of benzene rings is 1. The Morgan fingerprint density at radius 2 is 2.00 bits per heavy atom. The molecule has 0 radical (unpaired) electrons. The maximum absolute atomic E-state index is 12.8. The van der Waals surface area contributed by atoms with Crippen molar-refractivity contribution in [3.8, 4) is 5.75 Å². The fraction of sp³-hybridized carbons (Fsp3) is 0.500. The Morgan fingerprint density at radius 1 is 1.28 bits per heavy atom. The minimum Gasteiger partial charge on any atom is -0.482 e. The third-order valence-corrected chi connectivity index (χ3v) is 5.96. The third-order valence-electron chi connectivity index (χ3n) is 5.07. The Morgan fingerprint density at radius 3 is 2.62 bits per heavy atom. The largest absolute Gasteiger partial charge is 0.482 e. The van der Waals surface area contributed by atoms with Crippen LogP contribution in [0.25, 0.3) is 0 Å². The number of rotatable bonds is 11. The number of methoxy groups -OCH3 is 1. The molecule has 0 spiro atoms. The van der Waals surface area contributed by atoms with Gasteiger partial charge in [-0.15, -0.1) is 0 Å². The highest BCUT2D eigenvalue weighted by Gasteiger charge is 2.41. The van der Waals surface area contributed by atoms with E-state index in [0.717, 1.165) is 3.57 Å². The van der Waals surface area contributed by atoms with Gasteiger partial charge in [0.05, 0.1) is 22.8 Å². The molecular weight excluding hydrogens is 531 g/mol. The van der Waals surface area contributed by atoms with E-state index < -0.39 is 35.8 Å². The first kappa shape index (κ1) is 26.2. The lowest BCUT2D eigenvalue weighted by Gasteiger charge is -2.40. The van der Waals surface area contributed by atoms with Crippen molar-refractivity contribution in [3.05, 3.63) is 39.5 Å². The Labute approximate surface area is 200 Å². The highest BCUT2D eigenvalue weighted by atomic mass is 127. The number of aliphatic hydroxyl groups is 2. The van der Waals surface area contributed by atoms with E-state index in [1.54, 1.807) is 19.1 Å². The quantitative estimate of drug-likeness (QED) is 0.268. The summed E-state index contributed by atoms with van der Waals surface area (Å²) in [5.41, 5.74) is 0.295. The molecule has 10 heteroatoms. The average Bonchev–Trinajstić information content (AvgIpc) is 2.80. The zero-order valence-electron chi connectivity index (χ0n) is 18.1. The van der Waals surface area contributed by atoms with Crippen molar-refractivity contribution in [2.24, 2.45) is 0 Å². The molecule has 0 aliphatic heterocycles. The Bertz CT molecular complexity index is 845. The van der Waals surface area contributed by atoms with E-state index >= 15 is 0 Å². The molecule has 32 heavy (non-hydrogen) atoms. The second-order valence-corrected chi connectivity index (χ2v) is 8.38. The smallest absolute Gasteiger partial charge is 0.290 e. The Hall–Kier alpha value is -2.02. The number of ether oxygens (including phenoxy) is 2. The van der Waals surface area contributed by atoms with Crippen LogP contribution in [0.4, 0.5) is 0 Å². The molecule has 0 unspecified atom stereocenters. The van der Waals surface area contributed by atoms with Crippen molar-refractivity contribution in [1.82, 2.24) is 10.2 Å². The van der Waals surface area contributed by atoms with Crippen molar-refractivity contribution in [1.29, 1.82) is 0 Å². The molecule has 0 saturated carbocycles. The van der Waals surface area contributed by atoms with Gasteiger partial charge in [0.25, 0.3) is 5.91 Å². The number of hydrogen-bond donors (Lipinski definition) is 3. The van der Waals surface area contributed by atoms with Gasteiger partial charge in [-0.1, -0.05) is 19.1 Å². The summed E-state index contributed by atoms with van der Waals surface area (Å²) in [6.07, 6.45) is -0.554. The van der Waals surface area contributed by atoms with Crippen molar-refractivity contribution in [2.45, 2.75) is 38.0 Å². The molecule has 2 rings (SSSR count). The van der Waals surface area contributed by atoms with Gasteiger partial charge < -0.3 is 29.9 Å². The predicted octanol–water partition coefficient (Wildman–Crippen LogP) is 0.661. The van der Waals surface area contributed by atoms with E-state index in [2.05, 4.69) is 27.9 Å². The van der Waals surface area contributed by atoms with Gasteiger partial charge in [-0.25, -0.2) is 0 Å². The van der Waals surface area contributed by atoms with Crippen LogP contribution in [0.15, 0.2) is 35.9 Å². The van der Waals surface area contributed by atoms with Crippen LogP contribution in [0.3, 0.4) is 0 Å². The normalized spacial score (nSPS) is 20.3. The molecule has 3 N–H and O–H groups in total. The van der Waals surface area contributed by atoms with Gasteiger partial charge in [-0.05, 0) is 40.8 Å². The minimum atomic E-state index is -1.19. The van der Waals surface area contributed by atoms with Crippen molar-refractivity contribution in [3.63, 3.8) is 0 Å². The van der Waals surface area contributed by atoms with Gasteiger partial charge in [0.1, 0.15) is 18.0 Å². The molecule has 1 aromatic rings. The van der Waals surface area contributed by atoms with E-state index in [9.17, 15) is 19.5 Å². The fourth-order valence-corrected chi connectivity index (χ4v) is 3.90. The molecule has 3 atom stereocenters. The average molecular weight is 560 g/mol. The molecule has 0 aromatic heterocycles. The molecule has 1 aliphatic rings. The van der Waals surface area contributed by atoms with Crippen LogP contribution < -0.4 is 10.1 Å². The summed E-state index contributed by atoms with van der Waals surface area (Å²) < 4.78 is 11.9. The van der Waals surface area contributed by atoms with Crippen LogP contribution in [0.2, 0.25) is 0 Å². The topological polar surface area (TPSA) is 125 Å². The number of aliphatic hydroxyl groups excluding tert-OH is 2. The first-order chi connectivity index (χ1) is 15.3. The van der Waals surface area contributed by atoms with Crippen LogP contribution in [0.5, 0.6) is 5.75 Å². The maximum Gasteiger partial charge on any atom is 0.290 e. The number of Topliss-reactive ketones (excluding diaryl/α,β-unsaturated/α-hetero) is 1. The molecule has 2 amide bonds. The molecule has 1 aromatic carbocycles. The van der Waals surface area contributed by atoms with E-state index in [1.807, 2.05) is 12.1 Å². The number of halogens is 1. The van der Waals surface area contributed by atoms with Crippen LogP contribution in [-0.4, -0.2) is 84.4 Å². The van der Waals surface area contributed by atoms with E-state index in [0.29, 0.717) is 11.3 Å². The molecule has 176 valence electrons. The zero-order chi connectivity index (χ0) is 23.7. The number of amides is 2. The summed E-state index contributed by atoms with van der Waals surface area (Å²) in [6, 6.07) is 6.35. The molecule has 9 nitrogen and oxygen atoms in total. The highest BCUT2D eigenvalue weighted by Crippen LogP contribution is 2.29. The summed E-state index contributed by atoms with van der Waals surface area (Å²) in [4.78, 5) is 38.9. The van der Waals surface area contributed by atoms with Crippen molar-refractivity contribution >= 4 is 40.2 Å². The SMILES string of the molecule is CCC(=O)C(=O)N(CCOC)[C@@H]1CC(C(=O)NCCO)=C[C@H](Oc2ccccc2I)[C@H]1O. The number of para-hydroxylation sites is 1. The van der Waals surface area contributed by atoms with E-state index in [4.69, 9.17) is 14.6 Å². The predicted molar refractivity (Wildman–Crippen MR) is 125 cm³/mol. The van der Waals surface area contributed by atoms with Crippen LogP contribution in [0.1, 0.15) is 19.8 Å². The van der Waals surface area contributed by atoms with Crippen LogP contribution in [-0.2, 0) is 19.1 Å². The molecule has 1 aliphatic carbocycles. The van der Waals surface area contributed by atoms with Gasteiger partial charge in [-0.3, -0.25) is 14.4 Å². The van der Waals surface area contributed by atoms with E-state index in [1.165, 1.54) is 18.1 Å². The van der Waals surface area contributed by atoms with Gasteiger partial charge >= 0.3 is 0 Å². The lowest BCUT2D eigenvalue weighted by atomic mass is 9.88. The standard InChI is InChI=1S/C22H29IN2O7/c1-3-17(27)22(30)25(9-11-31-2)16-12-14(21(29)24-8-10-26)13-19(20(16)28)32-18-7-5-4-6-15(18)23/h4-7,13,16,19-20,26,28H,3,8-12H2,1-2H3,(H,24,29)/t16-,19+,20+/m1/s1. The van der Waals surface area contributed by atoms with Gasteiger partial charge in [0.2, 0.25) is 11.7 Å². The number of hydrogen-bond acceptors (Lipinski definition) is 7. The number of carbonyl (C=O) groups is 3. The van der Waals surface area contributed by atoms with Gasteiger partial charge in [0, 0.05) is 38.6 Å². The zero-order valence-corrected chi connectivity index (χ0v) is 20.3. The third kappa shape index (κ3) is 6.74. The summed E-state index contributed by atoms with van der Waals surface area (Å²) in [6.45, 7) is 1.65. The summed E-state index contributed by atoms with van der Waals surface area (Å²) in [7, 11) is 1.47. The number of nitrogens with one attached hydrogen (secondary N) is 1. The lowest BCUT2D eigenvalue weighted by molar-refractivity contribution is -0.149. The lowest BCUT2D eigenvalue weighted by Crippen LogP contribution is -2.57. The number of nitrogens with zero attached hydrogens (tertiary/aromatic N) is 1. The second-order valence-electron chi connectivity index (χ2n) is 7.21. The maximum atomic E-state index is 12.8. The number of carbonyl (C=O) groups excluding carboxylic acids is 3. The molecule has 0 heterocycles. The minimum absolute atomic E-state index is 0.0208. The second kappa shape index (κ2) is 12.9. The highest BCUT2D eigenvalue weighted by molar-refractivity contribution is 14.1. The van der Waals surface area contributed by atoms with Gasteiger partial charge in [-0.2, -0.15) is 0 Å². The van der Waals surface area contributed by atoms with Crippen LogP contribution >= 0.6 is 22.6 Å². The fourth-order valence-electron chi connectivity index (χ4n) is 3.39. The number of ketones is 1. The van der Waals surface area contributed by atoms with Crippen molar-refractivity contribution in [2.75, 3.05) is 33.4 Å². The van der Waals surface area contributed by atoms with Crippen molar-refractivity contribution < 1.29 is 34.1 Å². The monoisotopic (exact) mass is 560 g/mol.